The van der Waals surface area contributed by atoms with Crippen LogP contribution >= 0.6 is 0 Å². The summed E-state index contributed by atoms with van der Waals surface area (Å²) < 4.78 is 4.30. The Bertz CT molecular complexity index is 1630. The van der Waals surface area contributed by atoms with Crippen molar-refractivity contribution < 1.29 is 4.79 Å². The van der Waals surface area contributed by atoms with Gasteiger partial charge in [-0.3, -0.25) is 14.5 Å². The summed E-state index contributed by atoms with van der Waals surface area (Å²) in [5.74, 6) is 0.105. The van der Waals surface area contributed by atoms with Crippen molar-refractivity contribution in [1.82, 2.24) is 24.2 Å². The van der Waals surface area contributed by atoms with E-state index in [1.54, 1.807) is 6.20 Å². The Kier molecular flexibility index (Phi) is 4.40. The summed E-state index contributed by atoms with van der Waals surface area (Å²) in [6.45, 7) is 0. The minimum atomic E-state index is 0.0178. The molecule has 0 N–H and O–H groups in total. The maximum atomic E-state index is 13.9. The zero-order valence-corrected chi connectivity index (χ0v) is 20.0. The van der Waals surface area contributed by atoms with Gasteiger partial charge in [-0.05, 0) is 62.1 Å². The predicted octanol–water partition coefficient (Wildman–Crippen LogP) is 5.42. The van der Waals surface area contributed by atoms with Crippen molar-refractivity contribution in [3.8, 4) is 11.4 Å². The standard InChI is InChI=1S/C29H27N5O/c1-32-24-10-4-3-7-19(24)16-26(32)28-22-17-21-9-5-11-25(27(22)31-33(28)2)34(21)29(35)20-12-13-23-18(15-20)8-6-14-30-23/h3-4,6-8,10,12-16,21,25H,5,9,11,17H2,1-2H3/t21-,25-/m1/s1. The van der Waals surface area contributed by atoms with Gasteiger partial charge in [-0.15, -0.1) is 0 Å². The van der Waals surface area contributed by atoms with Crippen LogP contribution in [-0.4, -0.2) is 36.2 Å². The Morgan fingerprint density at radius 2 is 1.83 bits per heavy atom. The van der Waals surface area contributed by atoms with Crippen molar-refractivity contribution in [2.75, 3.05) is 0 Å². The van der Waals surface area contributed by atoms with E-state index in [-0.39, 0.29) is 18.0 Å². The van der Waals surface area contributed by atoms with E-state index in [0.717, 1.165) is 47.8 Å². The van der Waals surface area contributed by atoms with Crippen molar-refractivity contribution in [2.45, 2.75) is 37.8 Å². The van der Waals surface area contributed by atoms with Gasteiger partial charge in [0, 0.05) is 53.8 Å². The molecule has 1 amide bonds. The largest absolute Gasteiger partial charge is 0.342 e. The van der Waals surface area contributed by atoms with E-state index in [9.17, 15) is 4.79 Å². The van der Waals surface area contributed by atoms with Crippen LogP contribution in [0.25, 0.3) is 33.2 Å². The molecule has 6 heteroatoms. The molecule has 0 radical (unpaired) electrons. The van der Waals surface area contributed by atoms with Gasteiger partial charge in [0.05, 0.1) is 28.6 Å². The Labute approximate surface area is 203 Å². The molecular weight excluding hydrogens is 434 g/mol. The SMILES string of the molecule is Cn1nc2c(c1-c1cc3ccccc3n1C)C[C@H]1CCC[C@H]2N1C(=O)c1ccc2ncccc2c1. The highest BCUT2D eigenvalue weighted by Gasteiger charge is 2.43. The molecule has 2 bridgehead atoms. The third-order valence-electron chi connectivity index (χ3n) is 7.95. The fraction of sp³-hybridized carbons (Fsp3) is 0.276. The summed E-state index contributed by atoms with van der Waals surface area (Å²) in [5, 5.41) is 7.27. The number of amides is 1. The lowest BCUT2D eigenvalue weighted by molar-refractivity contribution is 0.0392. The minimum absolute atomic E-state index is 0.0178. The van der Waals surface area contributed by atoms with Crippen molar-refractivity contribution in [1.29, 1.82) is 0 Å². The Hall–Kier alpha value is -3.93. The maximum absolute atomic E-state index is 13.9. The summed E-state index contributed by atoms with van der Waals surface area (Å²) in [4.78, 5) is 20.4. The average Bonchev–Trinajstić information content (AvgIpc) is 3.38. The topological polar surface area (TPSA) is 56.0 Å². The van der Waals surface area contributed by atoms with Gasteiger partial charge in [-0.25, -0.2) is 0 Å². The fourth-order valence-electron chi connectivity index (χ4n) is 6.34. The second-order valence-electron chi connectivity index (χ2n) is 9.91. The summed E-state index contributed by atoms with van der Waals surface area (Å²) in [7, 11) is 4.17. The second-order valence-corrected chi connectivity index (χ2v) is 9.91. The highest BCUT2D eigenvalue weighted by molar-refractivity contribution is 5.98. The van der Waals surface area contributed by atoms with Crippen LogP contribution in [0, 0.1) is 0 Å². The van der Waals surface area contributed by atoms with Gasteiger partial charge in [0.2, 0.25) is 0 Å². The highest BCUT2D eigenvalue weighted by Crippen LogP contribution is 2.45. The van der Waals surface area contributed by atoms with Crippen LogP contribution in [0.4, 0.5) is 0 Å². The minimum Gasteiger partial charge on any atom is -0.342 e. The van der Waals surface area contributed by atoms with E-state index < -0.39 is 0 Å². The number of fused-ring (bicyclic) bond motifs is 6. The lowest BCUT2D eigenvalue weighted by Crippen LogP contribution is -2.49. The van der Waals surface area contributed by atoms with Gasteiger partial charge in [-0.1, -0.05) is 24.3 Å². The van der Waals surface area contributed by atoms with Crippen LogP contribution in [0.3, 0.4) is 0 Å². The molecule has 1 saturated heterocycles. The molecule has 1 fully saturated rings. The third kappa shape index (κ3) is 2.99. The molecule has 0 aliphatic carbocycles. The van der Waals surface area contributed by atoms with Gasteiger partial charge < -0.3 is 9.47 Å². The van der Waals surface area contributed by atoms with Crippen LogP contribution in [0.2, 0.25) is 0 Å². The molecular formula is C29H27N5O. The number of pyridine rings is 1. The number of hydrogen-bond acceptors (Lipinski definition) is 3. The molecule has 2 aliphatic rings. The maximum Gasteiger partial charge on any atom is 0.254 e. The van der Waals surface area contributed by atoms with Gasteiger partial charge in [0.25, 0.3) is 5.91 Å². The van der Waals surface area contributed by atoms with Crippen LogP contribution in [0.5, 0.6) is 0 Å². The average molecular weight is 462 g/mol. The number of nitrogens with zero attached hydrogens (tertiary/aromatic N) is 5. The second kappa shape index (κ2) is 7.54. The summed E-state index contributed by atoms with van der Waals surface area (Å²) in [5.41, 5.74) is 7.60. The van der Waals surface area contributed by atoms with Crippen LogP contribution in [-0.2, 0) is 20.5 Å². The fourth-order valence-corrected chi connectivity index (χ4v) is 6.34. The molecule has 2 aromatic carbocycles. The number of benzene rings is 2. The number of hydrogen-bond donors (Lipinski definition) is 0. The quantitative estimate of drug-likeness (QED) is 0.353. The third-order valence-corrected chi connectivity index (χ3v) is 7.95. The monoisotopic (exact) mass is 461 g/mol. The molecule has 5 heterocycles. The van der Waals surface area contributed by atoms with Crippen LogP contribution < -0.4 is 0 Å². The van der Waals surface area contributed by atoms with Crippen molar-refractivity contribution in [3.05, 3.63) is 83.7 Å². The van der Waals surface area contributed by atoms with Gasteiger partial charge in [0.15, 0.2) is 0 Å². The lowest BCUT2D eigenvalue weighted by atomic mass is 9.81. The molecule has 2 atom stereocenters. The molecule has 7 rings (SSSR count). The van der Waals surface area contributed by atoms with Crippen molar-refractivity contribution in [2.24, 2.45) is 14.1 Å². The Morgan fingerprint density at radius 1 is 0.971 bits per heavy atom. The Balaban J connectivity index is 1.32. The molecule has 2 aliphatic heterocycles. The lowest BCUT2D eigenvalue weighted by Gasteiger charge is -2.45. The smallest absolute Gasteiger partial charge is 0.254 e. The van der Waals surface area contributed by atoms with E-state index in [2.05, 4.69) is 51.8 Å². The Morgan fingerprint density at radius 3 is 2.71 bits per heavy atom. The van der Waals surface area contributed by atoms with Crippen molar-refractivity contribution in [3.63, 3.8) is 0 Å². The van der Waals surface area contributed by atoms with Gasteiger partial charge in [-0.2, -0.15) is 5.10 Å². The number of aromatic nitrogens is 4. The number of carbonyl (C=O) groups excluding carboxylic acids is 1. The molecule has 0 saturated carbocycles. The molecule has 0 spiro atoms. The first kappa shape index (κ1) is 20.4. The van der Waals surface area contributed by atoms with Crippen LogP contribution in [0.1, 0.15) is 46.9 Å². The summed E-state index contributed by atoms with van der Waals surface area (Å²) in [6.07, 6.45) is 5.74. The zero-order chi connectivity index (χ0) is 23.7. The molecule has 35 heavy (non-hydrogen) atoms. The summed E-state index contributed by atoms with van der Waals surface area (Å²) >= 11 is 0. The summed E-state index contributed by atoms with van der Waals surface area (Å²) in [6, 6.07) is 20.8. The first-order valence-electron chi connectivity index (χ1n) is 12.4. The number of carbonyl (C=O) groups is 1. The highest BCUT2D eigenvalue weighted by atomic mass is 16.2. The van der Waals surface area contributed by atoms with E-state index in [4.69, 9.17) is 5.10 Å². The molecule has 6 nitrogen and oxygen atoms in total. The predicted molar refractivity (Wildman–Crippen MR) is 137 cm³/mol. The molecule has 174 valence electrons. The van der Waals surface area contributed by atoms with Gasteiger partial charge in [0.1, 0.15) is 0 Å². The number of piperidine rings is 1. The van der Waals surface area contributed by atoms with Gasteiger partial charge >= 0.3 is 0 Å². The normalized spacial score (nSPS) is 19.3. The van der Waals surface area contributed by atoms with Crippen molar-refractivity contribution >= 4 is 27.7 Å². The molecule has 0 unspecified atom stereocenters. The zero-order valence-electron chi connectivity index (χ0n) is 20.0. The molecule has 3 aromatic heterocycles. The molecule has 5 aromatic rings. The van der Waals surface area contributed by atoms with E-state index in [1.165, 1.54) is 27.9 Å². The number of para-hydroxylation sites is 1. The number of rotatable bonds is 2. The van der Waals surface area contributed by atoms with Crippen LogP contribution in [0.15, 0.2) is 66.9 Å². The van der Waals surface area contributed by atoms with E-state index in [0.29, 0.717) is 0 Å². The first-order chi connectivity index (χ1) is 17.1. The van der Waals surface area contributed by atoms with E-state index in [1.807, 2.05) is 42.1 Å². The van der Waals surface area contributed by atoms with E-state index >= 15 is 0 Å². The first-order valence-corrected chi connectivity index (χ1v) is 12.4. The number of aryl methyl sites for hydroxylation is 2.